The summed E-state index contributed by atoms with van der Waals surface area (Å²) in [5.41, 5.74) is 1.69. The van der Waals surface area contributed by atoms with Gasteiger partial charge in [0.25, 0.3) is 5.91 Å². The van der Waals surface area contributed by atoms with E-state index in [9.17, 15) is 4.79 Å². The van der Waals surface area contributed by atoms with E-state index in [2.05, 4.69) is 14.8 Å². The Labute approximate surface area is 147 Å². The van der Waals surface area contributed by atoms with Gasteiger partial charge >= 0.3 is 0 Å². The van der Waals surface area contributed by atoms with Gasteiger partial charge in [-0.05, 0) is 37.3 Å². The van der Waals surface area contributed by atoms with E-state index in [0.717, 1.165) is 36.3 Å². The molecule has 6 nitrogen and oxygen atoms in total. The number of likely N-dealkylation sites (tertiary alicyclic amines) is 1. The van der Waals surface area contributed by atoms with E-state index in [-0.39, 0.29) is 11.8 Å². The first-order valence-electron chi connectivity index (χ1n) is 9.03. The van der Waals surface area contributed by atoms with Crippen LogP contribution in [0.3, 0.4) is 0 Å². The zero-order chi connectivity index (χ0) is 17.2. The third-order valence-electron chi connectivity index (χ3n) is 5.16. The Morgan fingerprint density at radius 3 is 2.92 bits per heavy atom. The topological polar surface area (TPSA) is 60.2 Å². The van der Waals surface area contributed by atoms with Gasteiger partial charge in [-0.1, -0.05) is 18.2 Å². The molecule has 2 fully saturated rings. The number of methoxy groups -OCH3 is 1. The van der Waals surface area contributed by atoms with Crippen LogP contribution in [0.5, 0.6) is 0 Å². The van der Waals surface area contributed by atoms with Crippen LogP contribution in [0.1, 0.15) is 59.4 Å². The van der Waals surface area contributed by atoms with Crippen molar-refractivity contribution in [3.8, 4) is 0 Å². The lowest BCUT2D eigenvalue weighted by Gasteiger charge is -2.33. The van der Waals surface area contributed by atoms with Crippen molar-refractivity contribution in [2.75, 3.05) is 20.2 Å². The van der Waals surface area contributed by atoms with Gasteiger partial charge in [-0.15, -0.1) is 10.2 Å². The van der Waals surface area contributed by atoms with E-state index in [0.29, 0.717) is 19.2 Å². The van der Waals surface area contributed by atoms with Crippen molar-refractivity contribution in [2.45, 2.75) is 44.2 Å². The zero-order valence-electron chi connectivity index (χ0n) is 14.6. The molecule has 0 radical (unpaired) electrons. The minimum atomic E-state index is 0.0924. The number of ether oxygens (including phenoxy) is 1. The lowest BCUT2D eigenvalue weighted by Crippen LogP contribution is -2.40. The van der Waals surface area contributed by atoms with Gasteiger partial charge in [0.1, 0.15) is 12.2 Å². The summed E-state index contributed by atoms with van der Waals surface area (Å²) >= 11 is 0. The second-order valence-electron chi connectivity index (χ2n) is 7.01. The molecule has 25 heavy (non-hydrogen) atoms. The molecule has 1 saturated carbocycles. The Hall–Kier alpha value is -2.21. The van der Waals surface area contributed by atoms with E-state index in [1.54, 1.807) is 7.11 Å². The predicted molar refractivity (Wildman–Crippen MR) is 93.3 cm³/mol. The highest BCUT2D eigenvalue weighted by Crippen LogP contribution is 2.38. The van der Waals surface area contributed by atoms with Crippen molar-refractivity contribution in [1.29, 1.82) is 0 Å². The second kappa shape index (κ2) is 6.96. The number of aromatic nitrogens is 3. The van der Waals surface area contributed by atoms with Gasteiger partial charge in [-0.25, -0.2) is 0 Å². The summed E-state index contributed by atoms with van der Waals surface area (Å²) < 4.78 is 7.46. The SMILES string of the molecule is COCc1ccccc1C(=O)N1CCCC(c2nncn2C2CC2)C1. The molecule has 2 heterocycles. The molecule has 1 atom stereocenters. The van der Waals surface area contributed by atoms with Crippen LogP contribution in [-0.2, 0) is 11.3 Å². The third kappa shape index (κ3) is 3.31. The van der Waals surface area contributed by atoms with Crippen LogP contribution < -0.4 is 0 Å². The van der Waals surface area contributed by atoms with Crippen LogP contribution in [0, 0.1) is 0 Å². The smallest absolute Gasteiger partial charge is 0.254 e. The normalized spacial score (nSPS) is 20.7. The first kappa shape index (κ1) is 16.3. The van der Waals surface area contributed by atoms with Gasteiger partial charge < -0.3 is 14.2 Å². The molecule has 0 spiro atoms. The summed E-state index contributed by atoms with van der Waals surface area (Å²) in [5, 5.41) is 8.49. The van der Waals surface area contributed by atoms with Crippen LogP contribution in [0.2, 0.25) is 0 Å². The Kier molecular flexibility index (Phi) is 4.53. The van der Waals surface area contributed by atoms with Crippen molar-refractivity contribution in [1.82, 2.24) is 19.7 Å². The van der Waals surface area contributed by atoms with E-state index in [4.69, 9.17) is 4.74 Å². The average Bonchev–Trinajstić information content (AvgIpc) is 3.38. The van der Waals surface area contributed by atoms with Crippen molar-refractivity contribution in [2.24, 2.45) is 0 Å². The van der Waals surface area contributed by atoms with Crippen LogP contribution in [0.15, 0.2) is 30.6 Å². The summed E-state index contributed by atoms with van der Waals surface area (Å²) in [6.45, 7) is 1.97. The van der Waals surface area contributed by atoms with E-state index < -0.39 is 0 Å². The molecule has 2 aliphatic rings. The monoisotopic (exact) mass is 340 g/mol. The fourth-order valence-corrected chi connectivity index (χ4v) is 3.73. The maximum atomic E-state index is 13.1. The summed E-state index contributed by atoms with van der Waals surface area (Å²) in [5.74, 6) is 1.41. The van der Waals surface area contributed by atoms with Gasteiger partial charge in [-0.2, -0.15) is 0 Å². The average molecular weight is 340 g/mol. The van der Waals surface area contributed by atoms with Crippen molar-refractivity contribution in [3.05, 3.63) is 47.5 Å². The number of carbonyl (C=O) groups excluding carboxylic acids is 1. The van der Waals surface area contributed by atoms with Crippen LogP contribution in [0.25, 0.3) is 0 Å². The fraction of sp³-hybridized carbons (Fsp3) is 0.526. The lowest BCUT2D eigenvalue weighted by molar-refractivity contribution is 0.0698. The molecule has 2 aromatic rings. The molecular weight excluding hydrogens is 316 g/mol. The molecular formula is C19H24N4O2. The highest BCUT2D eigenvalue weighted by molar-refractivity contribution is 5.95. The summed E-state index contributed by atoms with van der Waals surface area (Å²) in [6, 6.07) is 8.29. The number of hydrogen-bond donors (Lipinski definition) is 0. The first-order chi connectivity index (χ1) is 12.3. The van der Waals surface area contributed by atoms with Crippen LogP contribution >= 0.6 is 0 Å². The standard InChI is InChI=1S/C19H24N4O2/c1-25-12-15-5-2-3-7-17(15)19(24)22-10-4-6-14(11-22)18-21-20-13-23(18)16-8-9-16/h2-3,5,7,13-14,16H,4,6,8-12H2,1H3. The molecule has 0 bridgehead atoms. The zero-order valence-corrected chi connectivity index (χ0v) is 14.6. The number of rotatable bonds is 5. The second-order valence-corrected chi connectivity index (χ2v) is 7.01. The highest BCUT2D eigenvalue weighted by Gasteiger charge is 2.33. The maximum Gasteiger partial charge on any atom is 0.254 e. The molecule has 1 unspecified atom stereocenters. The predicted octanol–water partition coefficient (Wildman–Crippen LogP) is 2.78. The Morgan fingerprint density at radius 2 is 2.12 bits per heavy atom. The third-order valence-corrected chi connectivity index (χ3v) is 5.16. The first-order valence-corrected chi connectivity index (χ1v) is 9.03. The molecule has 6 heteroatoms. The molecule has 1 aromatic carbocycles. The molecule has 0 N–H and O–H groups in total. The fourth-order valence-electron chi connectivity index (χ4n) is 3.73. The molecule has 1 amide bonds. The van der Waals surface area contributed by atoms with E-state index in [1.807, 2.05) is 35.5 Å². The van der Waals surface area contributed by atoms with Gasteiger partial charge in [0.2, 0.25) is 0 Å². The highest BCUT2D eigenvalue weighted by atomic mass is 16.5. The van der Waals surface area contributed by atoms with Crippen LogP contribution in [-0.4, -0.2) is 45.8 Å². The Bertz CT molecular complexity index is 753. The number of benzene rings is 1. The Balaban J connectivity index is 1.53. The molecule has 1 aliphatic carbocycles. The maximum absolute atomic E-state index is 13.1. The largest absolute Gasteiger partial charge is 0.380 e. The number of amides is 1. The minimum Gasteiger partial charge on any atom is -0.380 e. The summed E-state index contributed by atoms with van der Waals surface area (Å²) in [6.07, 6.45) is 6.34. The quantitative estimate of drug-likeness (QED) is 0.840. The molecule has 1 saturated heterocycles. The number of nitrogens with zero attached hydrogens (tertiary/aromatic N) is 4. The molecule has 4 rings (SSSR count). The van der Waals surface area contributed by atoms with Gasteiger partial charge in [-0.3, -0.25) is 4.79 Å². The summed E-state index contributed by atoms with van der Waals surface area (Å²) in [7, 11) is 1.66. The van der Waals surface area contributed by atoms with Gasteiger partial charge in [0.15, 0.2) is 0 Å². The number of hydrogen-bond acceptors (Lipinski definition) is 4. The molecule has 1 aliphatic heterocycles. The van der Waals surface area contributed by atoms with E-state index >= 15 is 0 Å². The van der Waals surface area contributed by atoms with Crippen molar-refractivity contribution in [3.63, 3.8) is 0 Å². The van der Waals surface area contributed by atoms with Gasteiger partial charge in [0.05, 0.1) is 6.61 Å². The minimum absolute atomic E-state index is 0.0924. The van der Waals surface area contributed by atoms with E-state index in [1.165, 1.54) is 12.8 Å². The van der Waals surface area contributed by atoms with Crippen molar-refractivity contribution < 1.29 is 9.53 Å². The van der Waals surface area contributed by atoms with Crippen LogP contribution in [0.4, 0.5) is 0 Å². The Morgan fingerprint density at radius 1 is 1.28 bits per heavy atom. The molecule has 1 aromatic heterocycles. The molecule has 132 valence electrons. The number of carbonyl (C=O) groups is 1. The van der Waals surface area contributed by atoms with Gasteiger partial charge in [0, 0.05) is 37.7 Å². The number of piperidine rings is 1. The summed E-state index contributed by atoms with van der Waals surface area (Å²) in [4.78, 5) is 15.0. The van der Waals surface area contributed by atoms with Crippen molar-refractivity contribution >= 4 is 5.91 Å². The lowest BCUT2D eigenvalue weighted by atomic mass is 9.96.